The fourth-order valence-corrected chi connectivity index (χ4v) is 2.40. The van der Waals surface area contributed by atoms with Crippen molar-refractivity contribution in [1.82, 2.24) is 4.98 Å². The second kappa shape index (κ2) is 4.30. The maximum atomic E-state index is 12.1. The summed E-state index contributed by atoms with van der Waals surface area (Å²) in [6.45, 7) is 2.11. The number of allylic oxidation sites excluding steroid dienone is 1. The van der Waals surface area contributed by atoms with Crippen LogP contribution >= 0.6 is 0 Å². The van der Waals surface area contributed by atoms with Gasteiger partial charge in [0.1, 0.15) is 0 Å². The van der Waals surface area contributed by atoms with Crippen LogP contribution in [0.1, 0.15) is 24.6 Å². The SMILES string of the molecule is CC1=Cc2[nH]c(-c3ccccc3)cc(=O)c2CC1. The van der Waals surface area contributed by atoms with Crippen LogP contribution in [0.5, 0.6) is 0 Å². The van der Waals surface area contributed by atoms with Crippen molar-refractivity contribution in [2.24, 2.45) is 0 Å². The number of hydrogen-bond acceptors (Lipinski definition) is 1. The molecule has 0 bridgehead atoms. The number of pyridine rings is 1. The summed E-state index contributed by atoms with van der Waals surface area (Å²) in [6, 6.07) is 11.7. The molecule has 0 atom stereocenters. The molecular weight excluding hydrogens is 222 g/mol. The summed E-state index contributed by atoms with van der Waals surface area (Å²) in [5, 5.41) is 0. The average Bonchev–Trinajstić information content (AvgIpc) is 2.39. The van der Waals surface area contributed by atoms with Crippen molar-refractivity contribution in [3.05, 3.63) is 63.5 Å². The van der Waals surface area contributed by atoms with Crippen LogP contribution in [0.3, 0.4) is 0 Å². The molecule has 2 heteroatoms. The first-order valence-corrected chi connectivity index (χ1v) is 6.23. The predicted octanol–water partition coefficient (Wildman–Crippen LogP) is 3.39. The van der Waals surface area contributed by atoms with Gasteiger partial charge in [-0.1, -0.05) is 35.9 Å². The number of nitrogens with one attached hydrogen (secondary N) is 1. The zero-order chi connectivity index (χ0) is 12.5. The van der Waals surface area contributed by atoms with Crippen molar-refractivity contribution in [2.75, 3.05) is 0 Å². The van der Waals surface area contributed by atoms with Gasteiger partial charge in [-0.25, -0.2) is 0 Å². The first-order chi connectivity index (χ1) is 8.74. The van der Waals surface area contributed by atoms with Gasteiger partial charge in [0.2, 0.25) is 0 Å². The Labute approximate surface area is 106 Å². The van der Waals surface area contributed by atoms with Crippen LogP contribution < -0.4 is 5.43 Å². The van der Waals surface area contributed by atoms with E-state index >= 15 is 0 Å². The molecule has 18 heavy (non-hydrogen) atoms. The summed E-state index contributed by atoms with van der Waals surface area (Å²) in [6.07, 6.45) is 3.93. The minimum Gasteiger partial charge on any atom is -0.355 e. The second-order valence-electron chi connectivity index (χ2n) is 4.80. The minimum absolute atomic E-state index is 0.145. The lowest BCUT2D eigenvalue weighted by Gasteiger charge is -2.14. The van der Waals surface area contributed by atoms with Crippen molar-refractivity contribution in [3.8, 4) is 11.3 Å². The normalized spacial score (nSPS) is 13.9. The molecule has 0 unspecified atom stereocenters. The standard InChI is InChI=1S/C16H15NO/c1-11-7-8-13-15(9-11)17-14(10-16(13)18)12-5-3-2-4-6-12/h2-6,9-10H,7-8H2,1H3,(H,17,18). The predicted molar refractivity (Wildman–Crippen MR) is 74.5 cm³/mol. The maximum absolute atomic E-state index is 12.1. The van der Waals surface area contributed by atoms with Gasteiger partial charge in [-0.15, -0.1) is 0 Å². The zero-order valence-corrected chi connectivity index (χ0v) is 10.4. The van der Waals surface area contributed by atoms with Gasteiger partial charge in [0, 0.05) is 23.0 Å². The molecule has 3 rings (SSSR count). The number of benzene rings is 1. The molecule has 1 aliphatic rings. The molecule has 0 aliphatic heterocycles. The van der Waals surface area contributed by atoms with Gasteiger partial charge in [-0.2, -0.15) is 0 Å². The first kappa shape index (κ1) is 11.0. The molecule has 2 nitrogen and oxygen atoms in total. The van der Waals surface area contributed by atoms with Crippen LogP contribution in [0, 0.1) is 0 Å². The smallest absolute Gasteiger partial charge is 0.185 e. The molecule has 90 valence electrons. The monoisotopic (exact) mass is 237 g/mol. The first-order valence-electron chi connectivity index (χ1n) is 6.23. The number of H-pyrrole nitrogens is 1. The van der Waals surface area contributed by atoms with Crippen molar-refractivity contribution >= 4 is 6.08 Å². The second-order valence-corrected chi connectivity index (χ2v) is 4.80. The number of fused-ring (bicyclic) bond motifs is 1. The van der Waals surface area contributed by atoms with Gasteiger partial charge in [0.15, 0.2) is 5.43 Å². The number of hydrogen-bond donors (Lipinski definition) is 1. The number of rotatable bonds is 1. The van der Waals surface area contributed by atoms with E-state index < -0.39 is 0 Å². The lowest BCUT2D eigenvalue weighted by molar-refractivity contribution is 0.903. The van der Waals surface area contributed by atoms with Crippen molar-refractivity contribution in [2.45, 2.75) is 19.8 Å². The Morgan fingerprint density at radius 1 is 1.11 bits per heavy atom. The highest BCUT2D eigenvalue weighted by Gasteiger charge is 2.13. The summed E-state index contributed by atoms with van der Waals surface area (Å²) in [7, 11) is 0. The molecule has 2 aromatic rings. The fourth-order valence-electron chi connectivity index (χ4n) is 2.40. The molecule has 0 amide bonds. The lowest BCUT2D eigenvalue weighted by Crippen LogP contribution is -2.15. The van der Waals surface area contributed by atoms with Crippen LogP contribution in [0.15, 0.2) is 46.8 Å². The molecular formula is C16H15NO. The van der Waals surface area contributed by atoms with Crippen molar-refractivity contribution in [3.63, 3.8) is 0 Å². The number of aromatic nitrogens is 1. The molecule has 1 heterocycles. The third-order valence-electron chi connectivity index (χ3n) is 3.41. The van der Waals surface area contributed by atoms with E-state index in [1.807, 2.05) is 30.3 Å². The summed E-state index contributed by atoms with van der Waals surface area (Å²) in [5.41, 5.74) is 5.31. The Bertz CT molecular complexity index is 665. The molecule has 0 fully saturated rings. The van der Waals surface area contributed by atoms with Crippen molar-refractivity contribution in [1.29, 1.82) is 0 Å². The van der Waals surface area contributed by atoms with Crippen molar-refractivity contribution < 1.29 is 0 Å². The van der Waals surface area contributed by atoms with Gasteiger partial charge in [0.25, 0.3) is 0 Å². The molecule has 1 aromatic heterocycles. The maximum Gasteiger partial charge on any atom is 0.185 e. The highest BCUT2D eigenvalue weighted by molar-refractivity contribution is 5.64. The molecule has 1 aliphatic carbocycles. The molecule has 0 spiro atoms. The van der Waals surface area contributed by atoms with E-state index in [-0.39, 0.29) is 5.43 Å². The van der Waals surface area contributed by atoms with E-state index in [0.717, 1.165) is 35.4 Å². The third-order valence-corrected chi connectivity index (χ3v) is 3.41. The fraction of sp³-hybridized carbons (Fsp3) is 0.188. The Balaban J connectivity index is 2.19. The van der Waals surface area contributed by atoms with Crippen LogP contribution in [-0.2, 0) is 6.42 Å². The van der Waals surface area contributed by atoms with Crippen LogP contribution in [0.25, 0.3) is 17.3 Å². The van der Waals surface area contributed by atoms with E-state index in [9.17, 15) is 4.79 Å². The Morgan fingerprint density at radius 2 is 1.89 bits per heavy atom. The van der Waals surface area contributed by atoms with Crippen LogP contribution in [-0.4, -0.2) is 4.98 Å². The topological polar surface area (TPSA) is 32.9 Å². The van der Waals surface area contributed by atoms with Gasteiger partial charge in [0.05, 0.1) is 0 Å². The van der Waals surface area contributed by atoms with E-state index in [4.69, 9.17) is 0 Å². The average molecular weight is 237 g/mol. The van der Waals surface area contributed by atoms with Gasteiger partial charge in [-0.05, 0) is 31.4 Å². The van der Waals surface area contributed by atoms with Crippen LogP contribution in [0.2, 0.25) is 0 Å². The molecule has 1 aromatic carbocycles. The van der Waals surface area contributed by atoms with E-state index in [0.29, 0.717) is 0 Å². The highest BCUT2D eigenvalue weighted by Crippen LogP contribution is 2.23. The molecule has 1 N–H and O–H groups in total. The summed E-state index contributed by atoms with van der Waals surface area (Å²) < 4.78 is 0. The third kappa shape index (κ3) is 1.90. The van der Waals surface area contributed by atoms with Crippen LogP contribution in [0.4, 0.5) is 0 Å². The minimum atomic E-state index is 0.145. The quantitative estimate of drug-likeness (QED) is 0.810. The summed E-state index contributed by atoms with van der Waals surface area (Å²) in [4.78, 5) is 15.5. The zero-order valence-electron chi connectivity index (χ0n) is 10.4. The van der Waals surface area contributed by atoms with E-state index in [2.05, 4.69) is 18.0 Å². The molecule has 0 radical (unpaired) electrons. The Morgan fingerprint density at radius 3 is 2.67 bits per heavy atom. The lowest BCUT2D eigenvalue weighted by atomic mass is 9.95. The van der Waals surface area contributed by atoms with Gasteiger partial charge < -0.3 is 4.98 Å². The van der Waals surface area contributed by atoms with Gasteiger partial charge >= 0.3 is 0 Å². The molecule has 0 saturated heterocycles. The largest absolute Gasteiger partial charge is 0.355 e. The Hall–Kier alpha value is -2.09. The summed E-state index contributed by atoms with van der Waals surface area (Å²) >= 11 is 0. The van der Waals surface area contributed by atoms with Gasteiger partial charge in [-0.3, -0.25) is 4.79 Å². The number of aromatic amines is 1. The summed E-state index contributed by atoms with van der Waals surface area (Å²) in [5.74, 6) is 0. The van der Waals surface area contributed by atoms with E-state index in [1.54, 1.807) is 6.07 Å². The Kier molecular flexibility index (Phi) is 2.63. The molecule has 0 saturated carbocycles. The highest BCUT2D eigenvalue weighted by atomic mass is 16.1. The van der Waals surface area contributed by atoms with E-state index in [1.165, 1.54) is 5.57 Å².